The summed E-state index contributed by atoms with van der Waals surface area (Å²) in [6.45, 7) is 4.06. The van der Waals surface area contributed by atoms with Gasteiger partial charge in [0, 0.05) is 5.88 Å². The van der Waals surface area contributed by atoms with Crippen molar-refractivity contribution in [3.8, 4) is 12.1 Å². The summed E-state index contributed by atoms with van der Waals surface area (Å²) in [6.07, 6.45) is 2.82. The minimum atomic E-state index is -0.458. The van der Waals surface area contributed by atoms with Gasteiger partial charge in [-0.15, -0.1) is 29.8 Å². The van der Waals surface area contributed by atoms with Gasteiger partial charge in [0.15, 0.2) is 0 Å². The number of nitriles is 2. The Bertz CT molecular complexity index is 996. The van der Waals surface area contributed by atoms with Gasteiger partial charge >= 0.3 is 11.9 Å². The summed E-state index contributed by atoms with van der Waals surface area (Å²) in [5.74, 6) is -0.544. The van der Waals surface area contributed by atoms with Gasteiger partial charge < -0.3 is 9.47 Å². The van der Waals surface area contributed by atoms with Gasteiger partial charge in [0.25, 0.3) is 0 Å². The predicted octanol–water partition coefficient (Wildman–Crippen LogP) is 5.24. The average molecular weight is 473 g/mol. The third-order valence-corrected chi connectivity index (χ3v) is 4.74. The molecule has 0 spiro atoms. The highest BCUT2D eigenvalue weighted by Gasteiger charge is 2.09. The van der Waals surface area contributed by atoms with E-state index in [-0.39, 0.29) is 12.0 Å². The summed E-state index contributed by atoms with van der Waals surface area (Å²) in [4.78, 5) is 23.0. The summed E-state index contributed by atoms with van der Waals surface area (Å²) < 4.78 is 9.96. The van der Waals surface area contributed by atoms with Gasteiger partial charge in [0.1, 0.15) is 0 Å². The van der Waals surface area contributed by atoms with Crippen molar-refractivity contribution in [2.75, 3.05) is 19.1 Å². The summed E-state index contributed by atoms with van der Waals surface area (Å²) in [5.41, 5.74) is 1.64. The maximum absolute atomic E-state index is 11.6. The molecular weight excluding hydrogens is 451 g/mol. The van der Waals surface area contributed by atoms with Crippen LogP contribution in [0.25, 0.3) is 0 Å². The quantitative estimate of drug-likeness (QED) is 0.214. The Morgan fingerprint density at radius 2 is 1.47 bits per heavy atom. The molecule has 6 nitrogen and oxygen atoms in total. The fourth-order valence-corrected chi connectivity index (χ4v) is 2.43. The molecule has 8 heteroatoms. The number of esters is 2. The number of ether oxygens (including phenoxy) is 2. The lowest BCUT2D eigenvalue weighted by atomic mass is 10.1. The van der Waals surface area contributed by atoms with E-state index in [0.717, 1.165) is 0 Å². The lowest BCUT2D eigenvalue weighted by molar-refractivity contribution is 0.0495. The first-order valence-corrected chi connectivity index (χ1v) is 10.6. The van der Waals surface area contributed by atoms with Crippen molar-refractivity contribution < 1.29 is 19.1 Å². The Balaban J connectivity index is 0.000000323. The molecule has 1 atom stereocenters. The van der Waals surface area contributed by atoms with Crippen molar-refractivity contribution in [1.29, 1.82) is 10.5 Å². The highest BCUT2D eigenvalue weighted by Crippen LogP contribution is 2.09. The number of carbonyl (C=O) groups excluding carboxylic acids is 2. The van der Waals surface area contributed by atoms with E-state index in [9.17, 15) is 9.59 Å². The van der Waals surface area contributed by atoms with Gasteiger partial charge in [-0.3, -0.25) is 0 Å². The molecule has 2 aromatic rings. The number of benzene rings is 2. The highest BCUT2D eigenvalue weighted by molar-refractivity contribution is 6.28. The van der Waals surface area contributed by atoms with Gasteiger partial charge in [-0.2, -0.15) is 10.5 Å². The van der Waals surface area contributed by atoms with E-state index in [0.29, 0.717) is 47.6 Å². The lowest BCUT2D eigenvalue weighted by Gasteiger charge is -2.07. The molecule has 166 valence electrons. The topological polar surface area (TPSA) is 100 Å². The number of rotatable bonds is 9. The minimum Gasteiger partial charge on any atom is -0.462 e. The van der Waals surface area contributed by atoms with E-state index in [1.807, 2.05) is 12.1 Å². The molecule has 32 heavy (non-hydrogen) atoms. The number of carbonyl (C=O) groups is 2. The first-order valence-electron chi connectivity index (χ1n) is 9.60. The van der Waals surface area contributed by atoms with Crippen molar-refractivity contribution in [3.63, 3.8) is 0 Å². The van der Waals surface area contributed by atoms with Crippen molar-refractivity contribution >= 4 is 35.1 Å². The van der Waals surface area contributed by atoms with Gasteiger partial charge in [0.2, 0.25) is 0 Å². The predicted molar refractivity (Wildman–Crippen MR) is 123 cm³/mol. The zero-order valence-corrected chi connectivity index (χ0v) is 18.8. The molecular formula is C24H22Cl2N2O4. The van der Waals surface area contributed by atoms with E-state index in [4.69, 9.17) is 43.2 Å². The van der Waals surface area contributed by atoms with Crippen LogP contribution in [0.3, 0.4) is 0 Å². The molecule has 0 aliphatic carbocycles. The Hall–Kier alpha value is -3.32. The Labute approximate surface area is 197 Å². The van der Waals surface area contributed by atoms with Crippen molar-refractivity contribution in [3.05, 3.63) is 83.4 Å². The third-order valence-electron chi connectivity index (χ3n) is 3.84. The molecule has 0 aliphatic heterocycles. The molecule has 0 amide bonds. The fourth-order valence-electron chi connectivity index (χ4n) is 2.19. The number of alkyl halides is 2. The van der Waals surface area contributed by atoms with Crippen molar-refractivity contribution in [2.24, 2.45) is 0 Å². The highest BCUT2D eigenvalue weighted by atomic mass is 35.5. The van der Waals surface area contributed by atoms with E-state index in [1.54, 1.807) is 42.5 Å². The summed E-state index contributed by atoms with van der Waals surface area (Å²) in [5, 5.41) is 17.1. The lowest BCUT2D eigenvalue weighted by Crippen LogP contribution is -2.11. The van der Waals surface area contributed by atoms with Crippen LogP contribution < -0.4 is 0 Å². The second kappa shape index (κ2) is 15.5. The van der Waals surface area contributed by atoms with Gasteiger partial charge in [-0.1, -0.05) is 18.2 Å². The molecule has 0 radical (unpaired) electrons. The third kappa shape index (κ3) is 10.1. The molecule has 1 unspecified atom stereocenters. The molecule has 0 aromatic heterocycles. The molecule has 0 bridgehead atoms. The van der Waals surface area contributed by atoms with Crippen LogP contribution in [0.4, 0.5) is 0 Å². The molecule has 2 rings (SSSR count). The van der Waals surface area contributed by atoms with Gasteiger partial charge in [-0.25, -0.2) is 9.59 Å². The van der Waals surface area contributed by atoms with Crippen molar-refractivity contribution in [2.45, 2.75) is 18.2 Å². The zero-order valence-electron chi connectivity index (χ0n) is 17.3. The van der Waals surface area contributed by atoms with Crippen LogP contribution in [0.5, 0.6) is 0 Å². The number of halogens is 2. The van der Waals surface area contributed by atoms with Crippen LogP contribution in [-0.4, -0.2) is 36.4 Å². The van der Waals surface area contributed by atoms with E-state index in [2.05, 4.69) is 6.58 Å². The monoisotopic (exact) mass is 472 g/mol. The van der Waals surface area contributed by atoms with Crippen LogP contribution >= 0.6 is 23.2 Å². The Morgan fingerprint density at radius 1 is 0.969 bits per heavy atom. The van der Waals surface area contributed by atoms with E-state index in [1.165, 1.54) is 12.1 Å². The Morgan fingerprint density at radius 3 is 1.91 bits per heavy atom. The molecule has 2 aromatic carbocycles. The standard InChI is InChI=1S/C12H11Cl2NO2.C12H11NO2/c13-7-11(14)4-5-17-12(16)10-3-1-2-9(6-10)8-15;1-2-3-7-15-12(14)11-6-4-5-10(8-11)9-13/h1-3,6,11H,4-5,7H2;2,4-6,8H,1,3,7H2. The first kappa shape index (κ1) is 26.7. The summed E-state index contributed by atoms with van der Waals surface area (Å²) >= 11 is 11.3. The van der Waals surface area contributed by atoms with Crippen LogP contribution in [0.15, 0.2) is 61.2 Å². The SMILES string of the molecule is C=CCCOC(=O)c1cccc(C#N)c1.N#Cc1cccc(C(=O)OCCC(Cl)CCl)c1. The first-order chi connectivity index (χ1) is 15.4. The smallest absolute Gasteiger partial charge is 0.338 e. The maximum atomic E-state index is 11.6. The average Bonchev–Trinajstić information content (AvgIpc) is 2.84. The fraction of sp³-hybridized carbons (Fsp3) is 0.250. The van der Waals surface area contributed by atoms with E-state index >= 15 is 0 Å². The normalized spacial score (nSPS) is 10.4. The van der Waals surface area contributed by atoms with Crippen LogP contribution in [-0.2, 0) is 9.47 Å². The second-order valence-electron chi connectivity index (χ2n) is 6.27. The molecule has 0 heterocycles. The molecule has 0 fully saturated rings. The molecule has 0 N–H and O–H groups in total. The Kier molecular flexibility index (Phi) is 12.9. The van der Waals surface area contributed by atoms with E-state index < -0.39 is 11.9 Å². The van der Waals surface area contributed by atoms with Gasteiger partial charge in [-0.05, 0) is 49.2 Å². The molecule has 0 saturated heterocycles. The number of nitrogens with zero attached hydrogens (tertiary/aromatic N) is 2. The molecule has 0 aliphatic rings. The van der Waals surface area contributed by atoms with Crippen LogP contribution in [0.1, 0.15) is 44.7 Å². The molecule has 0 saturated carbocycles. The number of hydrogen-bond donors (Lipinski definition) is 0. The minimum absolute atomic E-state index is 0.199. The largest absolute Gasteiger partial charge is 0.462 e. The number of hydrogen-bond acceptors (Lipinski definition) is 6. The van der Waals surface area contributed by atoms with Crippen LogP contribution in [0.2, 0.25) is 0 Å². The maximum Gasteiger partial charge on any atom is 0.338 e. The van der Waals surface area contributed by atoms with Gasteiger partial charge in [0.05, 0.1) is 53.0 Å². The zero-order chi connectivity index (χ0) is 23.8. The van der Waals surface area contributed by atoms with Crippen molar-refractivity contribution in [1.82, 2.24) is 0 Å². The summed E-state index contributed by atoms with van der Waals surface area (Å²) in [6, 6.07) is 16.7. The van der Waals surface area contributed by atoms with Crippen LogP contribution in [0, 0.1) is 22.7 Å². The second-order valence-corrected chi connectivity index (χ2v) is 7.20. The summed E-state index contributed by atoms with van der Waals surface area (Å²) in [7, 11) is 0.